The van der Waals surface area contributed by atoms with E-state index in [0.717, 1.165) is 17.4 Å². The largest absolute Gasteiger partial charge is 0.308 e. The fourth-order valence-electron chi connectivity index (χ4n) is 1.04. The molecule has 0 spiro atoms. The van der Waals surface area contributed by atoms with Crippen LogP contribution in [0.5, 0.6) is 0 Å². The molecule has 0 fully saturated rings. The Morgan fingerprint density at radius 2 is 2.44 bits per heavy atom. The number of nitrogens with one attached hydrogen (secondary N) is 1. The minimum Gasteiger partial charge on any atom is -0.308 e. The summed E-state index contributed by atoms with van der Waals surface area (Å²) in [7, 11) is 0. The average Bonchev–Trinajstić information content (AvgIpc) is 2.35. The maximum absolute atomic E-state index is 5.86. The second-order valence-corrected chi connectivity index (χ2v) is 3.60. The van der Waals surface area contributed by atoms with Gasteiger partial charge in [0.05, 0.1) is 4.34 Å². The maximum Gasteiger partial charge on any atom is 0.0976 e. The molecule has 0 aromatic carbocycles. The number of hydrogen-bond donors (Lipinski definition) is 1. The van der Waals surface area contributed by atoms with Gasteiger partial charge in [0.25, 0.3) is 0 Å². The van der Waals surface area contributed by atoms with Gasteiger partial charge in [0, 0.05) is 13.1 Å². The van der Waals surface area contributed by atoms with E-state index in [1.807, 2.05) is 0 Å². The zero-order chi connectivity index (χ0) is 6.27. The van der Waals surface area contributed by atoms with Crippen molar-refractivity contribution in [3.8, 4) is 0 Å². The van der Waals surface area contributed by atoms with E-state index in [1.54, 1.807) is 11.3 Å². The number of fused-ring (bicyclic) bond motifs is 1. The van der Waals surface area contributed by atoms with Gasteiger partial charge in [-0.3, -0.25) is 0 Å². The topological polar surface area (TPSA) is 12.0 Å². The molecule has 0 aliphatic carbocycles. The van der Waals surface area contributed by atoms with Crippen LogP contribution in [0, 0.1) is 0 Å². The Hall–Kier alpha value is -0.0500. The van der Waals surface area contributed by atoms with Crippen LogP contribution in [0.25, 0.3) is 0 Å². The van der Waals surface area contributed by atoms with Gasteiger partial charge in [-0.2, -0.15) is 0 Å². The monoisotopic (exact) mass is 159 g/mol. The summed E-state index contributed by atoms with van der Waals surface area (Å²) < 4.78 is 0.954. The molecule has 9 heavy (non-hydrogen) atoms. The molecule has 0 bridgehead atoms. The van der Waals surface area contributed by atoms with Crippen molar-refractivity contribution in [2.45, 2.75) is 13.1 Å². The zero-order valence-electron chi connectivity index (χ0n) is 4.78. The average molecular weight is 160 g/mol. The first-order chi connectivity index (χ1) is 4.38. The van der Waals surface area contributed by atoms with Crippen molar-refractivity contribution < 1.29 is 0 Å². The van der Waals surface area contributed by atoms with Gasteiger partial charge < -0.3 is 5.32 Å². The summed E-state index contributed by atoms with van der Waals surface area (Å²) in [5.74, 6) is 0. The molecule has 1 aliphatic rings. The molecule has 48 valence electrons. The van der Waals surface area contributed by atoms with E-state index in [9.17, 15) is 0 Å². The summed E-state index contributed by atoms with van der Waals surface area (Å²) >= 11 is 7.50. The highest BCUT2D eigenvalue weighted by atomic mass is 35.5. The van der Waals surface area contributed by atoms with Crippen LogP contribution >= 0.6 is 22.9 Å². The van der Waals surface area contributed by atoms with Gasteiger partial charge in [-0.25, -0.2) is 0 Å². The molecular formula is C6H6ClNS. The number of hydrogen-bond acceptors (Lipinski definition) is 2. The van der Waals surface area contributed by atoms with E-state index in [1.165, 1.54) is 11.1 Å². The Bertz CT molecular complexity index is 231. The van der Waals surface area contributed by atoms with Crippen LogP contribution in [0.15, 0.2) is 5.38 Å². The van der Waals surface area contributed by atoms with E-state index in [-0.39, 0.29) is 0 Å². The number of rotatable bonds is 0. The summed E-state index contributed by atoms with van der Waals surface area (Å²) in [6.45, 7) is 1.95. The molecule has 2 rings (SSSR count). The summed E-state index contributed by atoms with van der Waals surface area (Å²) in [5.41, 5.74) is 2.69. The van der Waals surface area contributed by atoms with Crippen LogP contribution in [-0.2, 0) is 13.1 Å². The normalized spacial score (nSPS) is 16.1. The predicted octanol–water partition coefficient (Wildman–Crippen LogP) is 2.00. The fraction of sp³-hybridized carbons (Fsp3) is 0.333. The quantitative estimate of drug-likeness (QED) is 0.611. The molecule has 2 heterocycles. The van der Waals surface area contributed by atoms with Crippen molar-refractivity contribution in [1.82, 2.24) is 5.32 Å². The van der Waals surface area contributed by atoms with E-state index in [0.29, 0.717) is 0 Å². The van der Waals surface area contributed by atoms with Crippen molar-refractivity contribution in [1.29, 1.82) is 0 Å². The first kappa shape index (κ1) is 5.71. The first-order valence-electron chi connectivity index (χ1n) is 2.83. The lowest BCUT2D eigenvalue weighted by Gasteiger charge is -1.86. The van der Waals surface area contributed by atoms with Crippen molar-refractivity contribution in [3.05, 3.63) is 20.8 Å². The maximum atomic E-state index is 5.86. The minimum absolute atomic E-state index is 0.954. The van der Waals surface area contributed by atoms with Gasteiger partial charge >= 0.3 is 0 Å². The number of halogens is 1. The molecule has 0 amide bonds. The van der Waals surface area contributed by atoms with Gasteiger partial charge in [-0.1, -0.05) is 11.6 Å². The Morgan fingerprint density at radius 1 is 1.56 bits per heavy atom. The van der Waals surface area contributed by atoms with Crippen molar-refractivity contribution in [2.24, 2.45) is 0 Å². The van der Waals surface area contributed by atoms with Crippen LogP contribution in [-0.4, -0.2) is 0 Å². The predicted molar refractivity (Wildman–Crippen MR) is 39.9 cm³/mol. The summed E-state index contributed by atoms with van der Waals surface area (Å²) in [6.07, 6.45) is 0. The van der Waals surface area contributed by atoms with Gasteiger partial charge in [0.15, 0.2) is 0 Å². The highest BCUT2D eigenvalue weighted by Crippen LogP contribution is 2.30. The Balaban J connectivity index is 2.56. The molecule has 3 heteroatoms. The molecule has 1 N–H and O–H groups in total. The lowest BCUT2D eigenvalue weighted by atomic mass is 10.2. The molecule has 0 unspecified atom stereocenters. The van der Waals surface area contributed by atoms with Crippen LogP contribution in [0.4, 0.5) is 0 Å². The van der Waals surface area contributed by atoms with Crippen molar-refractivity contribution in [3.63, 3.8) is 0 Å². The van der Waals surface area contributed by atoms with Gasteiger partial charge in [-0.05, 0) is 16.5 Å². The molecule has 0 atom stereocenters. The standard InChI is InChI=1S/C6H6ClNS/c7-6-5-2-8-1-4(5)3-9-6/h3,8H,1-2H2. The van der Waals surface area contributed by atoms with E-state index >= 15 is 0 Å². The van der Waals surface area contributed by atoms with E-state index in [2.05, 4.69) is 10.7 Å². The SMILES string of the molecule is Clc1scc2c1CNC2. The first-order valence-corrected chi connectivity index (χ1v) is 4.09. The van der Waals surface area contributed by atoms with Gasteiger partial charge in [0.1, 0.15) is 0 Å². The lowest BCUT2D eigenvalue weighted by molar-refractivity contribution is 0.764. The van der Waals surface area contributed by atoms with Gasteiger partial charge in [-0.15, -0.1) is 11.3 Å². The highest BCUT2D eigenvalue weighted by molar-refractivity contribution is 7.14. The van der Waals surface area contributed by atoms with Crippen molar-refractivity contribution in [2.75, 3.05) is 0 Å². The summed E-state index contributed by atoms with van der Waals surface area (Å²) in [4.78, 5) is 0. The van der Waals surface area contributed by atoms with Gasteiger partial charge in [0.2, 0.25) is 0 Å². The smallest absolute Gasteiger partial charge is 0.0976 e. The molecule has 0 saturated heterocycles. The molecule has 1 aromatic rings. The molecular weight excluding hydrogens is 154 g/mol. The van der Waals surface area contributed by atoms with Crippen LogP contribution in [0.3, 0.4) is 0 Å². The Morgan fingerprint density at radius 3 is 3.22 bits per heavy atom. The van der Waals surface area contributed by atoms with Crippen molar-refractivity contribution >= 4 is 22.9 Å². The second-order valence-electron chi connectivity index (χ2n) is 2.12. The third kappa shape index (κ3) is 0.784. The third-order valence-electron chi connectivity index (χ3n) is 1.55. The third-order valence-corrected chi connectivity index (χ3v) is 2.90. The van der Waals surface area contributed by atoms with E-state index in [4.69, 9.17) is 11.6 Å². The zero-order valence-corrected chi connectivity index (χ0v) is 6.35. The van der Waals surface area contributed by atoms with Crippen LogP contribution in [0.2, 0.25) is 4.34 Å². The lowest BCUT2D eigenvalue weighted by Crippen LogP contribution is -2.00. The fourth-order valence-corrected chi connectivity index (χ4v) is 2.18. The molecule has 1 aliphatic heterocycles. The highest BCUT2D eigenvalue weighted by Gasteiger charge is 2.14. The number of thiophene rings is 1. The summed E-state index contributed by atoms with van der Waals surface area (Å²) in [5, 5.41) is 5.35. The second kappa shape index (κ2) is 1.97. The van der Waals surface area contributed by atoms with Crippen LogP contribution in [0.1, 0.15) is 11.1 Å². The molecule has 0 saturated carbocycles. The minimum atomic E-state index is 0.954. The summed E-state index contributed by atoms with van der Waals surface area (Å²) in [6, 6.07) is 0. The Kier molecular flexibility index (Phi) is 1.25. The molecule has 0 radical (unpaired) electrons. The van der Waals surface area contributed by atoms with Crippen LogP contribution < -0.4 is 5.32 Å². The molecule has 1 nitrogen and oxygen atoms in total. The molecule has 1 aromatic heterocycles. The Labute approximate surface area is 62.6 Å². The van der Waals surface area contributed by atoms with E-state index < -0.39 is 0 Å².